The Kier molecular flexibility index (Phi) is 2.76. The monoisotopic (exact) mass is 236 g/mol. The second-order valence-corrected chi connectivity index (χ2v) is 4.72. The molecule has 2 unspecified atom stereocenters. The van der Waals surface area contributed by atoms with Crippen molar-refractivity contribution in [2.24, 2.45) is 5.92 Å². The summed E-state index contributed by atoms with van der Waals surface area (Å²) in [4.78, 5) is 14.2. The highest BCUT2D eigenvalue weighted by Gasteiger charge is 2.37. The Morgan fingerprint density at radius 1 is 1.47 bits per heavy atom. The Morgan fingerprint density at radius 2 is 2.41 bits per heavy atom. The van der Waals surface area contributed by atoms with Crippen molar-refractivity contribution in [3.05, 3.63) is 6.33 Å². The standard InChI is InChI=1S/C10H16N6O/c17-10(6-15-7-12-13-14-15)16-3-1-2-8-4-11-5-9(8)16/h7-9,11H,1-6H2. The van der Waals surface area contributed by atoms with Crippen LogP contribution in [0.15, 0.2) is 6.33 Å². The van der Waals surface area contributed by atoms with E-state index in [1.807, 2.05) is 4.90 Å². The molecule has 0 aromatic carbocycles. The van der Waals surface area contributed by atoms with Crippen molar-refractivity contribution in [3.8, 4) is 0 Å². The van der Waals surface area contributed by atoms with Crippen molar-refractivity contribution in [1.29, 1.82) is 0 Å². The molecule has 1 aromatic rings. The van der Waals surface area contributed by atoms with Gasteiger partial charge in [0.15, 0.2) is 0 Å². The molecule has 2 fully saturated rings. The normalized spacial score (nSPS) is 28.1. The minimum atomic E-state index is 0.121. The Bertz CT molecular complexity index is 392. The van der Waals surface area contributed by atoms with Gasteiger partial charge in [-0.1, -0.05) is 0 Å². The largest absolute Gasteiger partial charge is 0.336 e. The fourth-order valence-corrected chi connectivity index (χ4v) is 2.86. The van der Waals surface area contributed by atoms with Crippen molar-refractivity contribution in [2.75, 3.05) is 19.6 Å². The lowest BCUT2D eigenvalue weighted by Crippen LogP contribution is -2.49. The average molecular weight is 236 g/mol. The molecule has 2 atom stereocenters. The third-order valence-electron chi connectivity index (χ3n) is 3.69. The van der Waals surface area contributed by atoms with E-state index in [0.717, 1.165) is 26.1 Å². The lowest BCUT2D eigenvalue weighted by atomic mass is 9.92. The minimum absolute atomic E-state index is 0.121. The number of fused-ring (bicyclic) bond motifs is 1. The molecule has 1 amide bonds. The van der Waals surface area contributed by atoms with Crippen LogP contribution in [0.5, 0.6) is 0 Å². The van der Waals surface area contributed by atoms with E-state index in [4.69, 9.17) is 0 Å². The Labute approximate surface area is 99.2 Å². The average Bonchev–Trinajstić information content (AvgIpc) is 2.97. The zero-order chi connectivity index (χ0) is 11.7. The van der Waals surface area contributed by atoms with E-state index in [1.165, 1.54) is 17.4 Å². The maximum atomic E-state index is 12.2. The van der Waals surface area contributed by atoms with Crippen LogP contribution >= 0.6 is 0 Å². The molecule has 2 aliphatic heterocycles. The van der Waals surface area contributed by atoms with E-state index in [-0.39, 0.29) is 12.5 Å². The van der Waals surface area contributed by atoms with Crippen LogP contribution in [0.25, 0.3) is 0 Å². The lowest BCUT2D eigenvalue weighted by Gasteiger charge is -2.37. The molecule has 2 aliphatic rings. The summed E-state index contributed by atoms with van der Waals surface area (Å²) in [5, 5.41) is 14.2. The first kappa shape index (κ1) is 10.6. The molecule has 0 saturated carbocycles. The summed E-state index contributed by atoms with van der Waals surface area (Å²) in [6, 6.07) is 0.368. The fraction of sp³-hybridized carbons (Fsp3) is 0.800. The number of amides is 1. The van der Waals surface area contributed by atoms with E-state index in [2.05, 4.69) is 20.8 Å². The number of nitrogens with one attached hydrogen (secondary N) is 1. The van der Waals surface area contributed by atoms with Crippen LogP contribution in [-0.2, 0) is 11.3 Å². The number of hydrogen-bond donors (Lipinski definition) is 1. The van der Waals surface area contributed by atoms with Crippen LogP contribution in [0.3, 0.4) is 0 Å². The van der Waals surface area contributed by atoms with Crippen molar-refractivity contribution < 1.29 is 4.79 Å². The SMILES string of the molecule is O=C(Cn1cnnn1)N1CCCC2CNCC21. The number of rotatable bonds is 2. The summed E-state index contributed by atoms with van der Waals surface area (Å²) in [5.41, 5.74) is 0. The molecule has 7 nitrogen and oxygen atoms in total. The number of tetrazole rings is 1. The maximum absolute atomic E-state index is 12.2. The smallest absolute Gasteiger partial charge is 0.244 e. The molecule has 3 rings (SSSR count). The van der Waals surface area contributed by atoms with Gasteiger partial charge in [0, 0.05) is 25.7 Å². The van der Waals surface area contributed by atoms with E-state index < -0.39 is 0 Å². The van der Waals surface area contributed by atoms with Crippen molar-refractivity contribution in [2.45, 2.75) is 25.4 Å². The number of hydrogen-bond acceptors (Lipinski definition) is 5. The van der Waals surface area contributed by atoms with Crippen LogP contribution in [-0.4, -0.2) is 56.7 Å². The van der Waals surface area contributed by atoms with E-state index in [1.54, 1.807) is 0 Å². The highest BCUT2D eigenvalue weighted by molar-refractivity contribution is 5.76. The fourth-order valence-electron chi connectivity index (χ4n) is 2.86. The number of aromatic nitrogens is 4. The van der Waals surface area contributed by atoms with Crippen molar-refractivity contribution in [3.63, 3.8) is 0 Å². The predicted octanol–water partition coefficient (Wildman–Crippen LogP) is -1.12. The van der Waals surface area contributed by atoms with Crippen LogP contribution in [0, 0.1) is 5.92 Å². The van der Waals surface area contributed by atoms with Crippen LogP contribution < -0.4 is 5.32 Å². The van der Waals surface area contributed by atoms with Gasteiger partial charge in [0.25, 0.3) is 0 Å². The Balaban J connectivity index is 1.68. The van der Waals surface area contributed by atoms with Crippen LogP contribution in [0.2, 0.25) is 0 Å². The molecule has 2 saturated heterocycles. The topological polar surface area (TPSA) is 75.9 Å². The number of nitrogens with zero attached hydrogens (tertiary/aromatic N) is 5. The second kappa shape index (κ2) is 4.40. The zero-order valence-corrected chi connectivity index (χ0v) is 9.62. The molecule has 0 bridgehead atoms. The van der Waals surface area contributed by atoms with Crippen molar-refractivity contribution >= 4 is 5.91 Å². The molecule has 7 heteroatoms. The molecule has 0 radical (unpaired) electrons. The van der Waals surface area contributed by atoms with Gasteiger partial charge in [-0.05, 0) is 29.2 Å². The van der Waals surface area contributed by atoms with Crippen LogP contribution in [0.4, 0.5) is 0 Å². The van der Waals surface area contributed by atoms with Gasteiger partial charge in [-0.2, -0.15) is 0 Å². The summed E-state index contributed by atoms with van der Waals surface area (Å²) in [6.45, 7) is 3.07. The third-order valence-corrected chi connectivity index (χ3v) is 3.69. The van der Waals surface area contributed by atoms with E-state index >= 15 is 0 Å². The highest BCUT2D eigenvalue weighted by Crippen LogP contribution is 2.26. The first-order valence-corrected chi connectivity index (χ1v) is 6.05. The maximum Gasteiger partial charge on any atom is 0.244 e. The minimum Gasteiger partial charge on any atom is -0.336 e. The van der Waals surface area contributed by atoms with Crippen LogP contribution in [0.1, 0.15) is 12.8 Å². The van der Waals surface area contributed by atoms with E-state index in [0.29, 0.717) is 12.0 Å². The lowest BCUT2D eigenvalue weighted by molar-refractivity contribution is -0.136. The number of likely N-dealkylation sites (tertiary alicyclic amines) is 1. The molecule has 1 aromatic heterocycles. The quantitative estimate of drug-likeness (QED) is 0.704. The summed E-state index contributed by atoms with van der Waals surface area (Å²) in [6.07, 6.45) is 3.81. The molecule has 1 N–H and O–H groups in total. The van der Waals surface area contributed by atoms with Gasteiger partial charge in [-0.15, -0.1) is 5.10 Å². The van der Waals surface area contributed by atoms with Gasteiger partial charge in [-0.25, -0.2) is 4.68 Å². The summed E-state index contributed by atoms with van der Waals surface area (Å²) < 4.78 is 1.48. The first-order chi connectivity index (χ1) is 8.34. The van der Waals surface area contributed by atoms with E-state index in [9.17, 15) is 4.79 Å². The summed E-state index contributed by atoms with van der Waals surface area (Å²) >= 11 is 0. The summed E-state index contributed by atoms with van der Waals surface area (Å²) in [5.74, 6) is 0.747. The molecule has 0 spiro atoms. The number of carbonyl (C=O) groups is 1. The molecule has 3 heterocycles. The van der Waals surface area contributed by atoms with Gasteiger partial charge in [-0.3, -0.25) is 4.79 Å². The molecule has 17 heavy (non-hydrogen) atoms. The number of piperidine rings is 1. The third kappa shape index (κ3) is 2.02. The summed E-state index contributed by atoms with van der Waals surface area (Å²) in [7, 11) is 0. The predicted molar refractivity (Wildman–Crippen MR) is 58.9 cm³/mol. The van der Waals surface area contributed by atoms with Gasteiger partial charge in [0.2, 0.25) is 5.91 Å². The Morgan fingerprint density at radius 3 is 3.24 bits per heavy atom. The van der Waals surface area contributed by atoms with Crippen molar-refractivity contribution in [1.82, 2.24) is 30.4 Å². The highest BCUT2D eigenvalue weighted by atomic mass is 16.2. The molecule has 0 aliphatic carbocycles. The molecule has 92 valence electrons. The van der Waals surface area contributed by atoms with Gasteiger partial charge < -0.3 is 10.2 Å². The Hall–Kier alpha value is -1.50. The molecular formula is C10H16N6O. The van der Waals surface area contributed by atoms with Gasteiger partial charge >= 0.3 is 0 Å². The number of carbonyl (C=O) groups excluding carboxylic acids is 1. The zero-order valence-electron chi connectivity index (χ0n) is 9.62. The van der Waals surface area contributed by atoms with Gasteiger partial charge in [0.1, 0.15) is 12.9 Å². The molecular weight excluding hydrogens is 220 g/mol. The van der Waals surface area contributed by atoms with Gasteiger partial charge in [0.05, 0.1) is 0 Å². The second-order valence-electron chi connectivity index (χ2n) is 4.72. The first-order valence-electron chi connectivity index (χ1n) is 6.05.